The first kappa shape index (κ1) is 15.2. The largest absolute Gasteiger partial charge is 0.493 e. The Morgan fingerprint density at radius 3 is 2.64 bits per heavy atom. The summed E-state index contributed by atoms with van der Waals surface area (Å²) in [6.45, 7) is 0. The Morgan fingerprint density at radius 2 is 1.91 bits per heavy atom. The van der Waals surface area contributed by atoms with E-state index in [1.807, 2.05) is 48.5 Å². The van der Waals surface area contributed by atoms with E-state index >= 15 is 0 Å². The lowest BCUT2D eigenvalue weighted by Gasteiger charge is -2.14. The Bertz CT molecular complexity index is 880. The lowest BCUT2D eigenvalue weighted by molar-refractivity contribution is 0.449. The summed E-state index contributed by atoms with van der Waals surface area (Å²) < 4.78 is 0.947. The standard InChI is InChI=1S/C17H13BrNO2P/c18-11-5-3-4-10(8-11)16-12-6-1-2-7-14(12)19-17(21)13(16)9-15(20)22/h1-8,20,22H,9H2,(H,19,21). The van der Waals surface area contributed by atoms with Crippen LogP contribution in [0.25, 0.3) is 22.0 Å². The van der Waals surface area contributed by atoms with Crippen LogP contribution in [-0.4, -0.2) is 20.7 Å². The Hall–Kier alpha value is -1.74. The third-order valence-corrected chi connectivity index (χ3v) is 4.10. The fourth-order valence-corrected chi connectivity index (χ4v) is 3.12. The third-order valence-electron chi connectivity index (χ3n) is 3.43. The van der Waals surface area contributed by atoms with E-state index in [2.05, 4.69) is 29.8 Å². The number of rotatable bonds is 3. The van der Waals surface area contributed by atoms with Crippen LogP contribution in [0.2, 0.25) is 0 Å². The molecule has 0 saturated heterocycles. The van der Waals surface area contributed by atoms with Gasteiger partial charge in [0.1, 0.15) is 0 Å². The molecule has 2 aromatic carbocycles. The highest BCUT2D eigenvalue weighted by Gasteiger charge is 2.17. The van der Waals surface area contributed by atoms with E-state index in [1.54, 1.807) is 0 Å². The summed E-state index contributed by atoms with van der Waals surface area (Å²) in [5, 5.41) is 20.8. The van der Waals surface area contributed by atoms with Gasteiger partial charge in [-0.1, -0.05) is 55.1 Å². The number of aromatic nitrogens is 1. The summed E-state index contributed by atoms with van der Waals surface area (Å²) in [5.41, 5.74) is 3.17. The van der Waals surface area contributed by atoms with Gasteiger partial charge < -0.3 is 10.2 Å². The molecule has 0 unspecified atom stereocenters. The average molecular weight is 374 g/mol. The molecule has 0 aliphatic carbocycles. The van der Waals surface area contributed by atoms with Crippen molar-refractivity contribution in [3.8, 4) is 17.0 Å². The fraction of sp³-hybridized carbons (Fsp3) is 0.0588. The molecule has 2 N–H and O–H groups in total. The SMILES string of the molecule is OC(=P)Cc1c(O)nc2ccccc2c1-c1cccc(Br)c1. The van der Waals surface area contributed by atoms with Crippen molar-refractivity contribution >= 4 is 41.2 Å². The number of pyridine rings is 1. The summed E-state index contributed by atoms with van der Waals surface area (Å²) in [5.74, 6) is -0.0709. The molecular formula is C17H13BrNO2P. The van der Waals surface area contributed by atoms with Gasteiger partial charge in [0.2, 0.25) is 5.88 Å². The summed E-state index contributed by atoms with van der Waals surface area (Å²) in [7, 11) is 3.11. The Kier molecular flexibility index (Phi) is 4.25. The van der Waals surface area contributed by atoms with Crippen molar-refractivity contribution in [2.75, 3.05) is 0 Å². The summed E-state index contributed by atoms with van der Waals surface area (Å²) in [6.07, 6.45) is 0.183. The number of hydrogen-bond donors (Lipinski definition) is 2. The van der Waals surface area contributed by atoms with Crippen LogP contribution in [0.5, 0.6) is 5.88 Å². The maximum absolute atomic E-state index is 10.3. The topological polar surface area (TPSA) is 53.4 Å². The van der Waals surface area contributed by atoms with Crippen molar-refractivity contribution in [3.05, 3.63) is 58.6 Å². The first-order valence-electron chi connectivity index (χ1n) is 6.69. The van der Waals surface area contributed by atoms with Gasteiger partial charge in [-0.3, -0.25) is 0 Å². The van der Waals surface area contributed by atoms with Gasteiger partial charge >= 0.3 is 0 Å². The van der Waals surface area contributed by atoms with Gasteiger partial charge in [-0.05, 0) is 23.8 Å². The van der Waals surface area contributed by atoms with Gasteiger partial charge in [-0.25, -0.2) is 4.98 Å². The van der Waals surface area contributed by atoms with Crippen molar-refractivity contribution in [1.29, 1.82) is 0 Å². The first-order chi connectivity index (χ1) is 10.6. The number of aliphatic hydroxyl groups is 1. The Labute approximate surface area is 138 Å². The molecular weight excluding hydrogens is 361 g/mol. The molecule has 1 heterocycles. The summed E-state index contributed by atoms with van der Waals surface area (Å²) in [4.78, 5) is 4.24. The minimum absolute atomic E-state index is 0.0450. The molecule has 22 heavy (non-hydrogen) atoms. The second-order valence-corrected chi connectivity index (χ2v) is 6.43. The molecule has 0 fully saturated rings. The molecule has 0 radical (unpaired) electrons. The predicted octanol–water partition coefficient (Wildman–Crippen LogP) is 4.56. The van der Waals surface area contributed by atoms with Crippen LogP contribution in [-0.2, 0) is 6.42 Å². The molecule has 0 aliphatic rings. The van der Waals surface area contributed by atoms with Crippen LogP contribution >= 0.6 is 24.8 Å². The quantitative estimate of drug-likeness (QED) is 0.661. The Morgan fingerprint density at radius 1 is 1.14 bits per heavy atom. The summed E-state index contributed by atoms with van der Waals surface area (Å²) in [6, 6.07) is 15.5. The van der Waals surface area contributed by atoms with Crippen molar-refractivity contribution in [3.63, 3.8) is 0 Å². The van der Waals surface area contributed by atoms with E-state index in [0.717, 1.165) is 21.0 Å². The van der Waals surface area contributed by atoms with Crippen molar-refractivity contribution in [2.45, 2.75) is 6.42 Å². The van der Waals surface area contributed by atoms with E-state index < -0.39 is 0 Å². The molecule has 0 saturated carbocycles. The predicted molar refractivity (Wildman–Crippen MR) is 95.5 cm³/mol. The number of benzene rings is 2. The number of hydrogen-bond acceptors (Lipinski definition) is 2. The van der Waals surface area contributed by atoms with Crippen molar-refractivity contribution in [1.82, 2.24) is 4.98 Å². The second-order valence-electron chi connectivity index (χ2n) is 4.94. The highest BCUT2D eigenvalue weighted by atomic mass is 79.9. The molecule has 0 aliphatic heterocycles. The minimum atomic E-state index is -0.0709. The number of nitrogens with zero attached hydrogens (tertiary/aromatic N) is 1. The molecule has 0 spiro atoms. The zero-order valence-corrected chi connectivity index (χ0v) is 14.1. The van der Waals surface area contributed by atoms with E-state index in [4.69, 9.17) is 0 Å². The van der Waals surface area contributed by atoms with Gasteiger partial charge in [0.25, 0.3) is 0 Å². The lowest BCUT2D eigenvalue weighted by Crippen LogP contribution is -2.02. The second kappa shape index (κ2) is 6.17. The molecule has 3 aromatic rings. The number of para-hydroxylation sites is 1. The van der Waals surface area contributed by atoms with Crippen LogP contribution in [0.3, 0.4) is 0 Å². The maximum Gasteiger partial charge on any atom is 0.215 e. The highest BCUT2D eigenvalue weighted by Crippen LogP contribution is 2.37. The smallest absolute Gasteiger partial charge is 0.215 e. The van der Waals surface area contributed by atoms with Gasteiger partial charge in [0.05, 0.1) is 11.0 Å². The van der Waals surface area contributed by atoms with Crippen molar-refractivity contribution in [2.24, 2.45) is 0 Å². The van der Waals surface area contributed by atoms with E-state index in [1.165, 1.54) is 0 Å². The van der Waals surface area contributed by atoms with Crippen LogP contribution in [0, 0.1) is 0 Å². The monoisotopic (exact) mass is 373 g/mol. The van der Waals surface area contributed by atoms with Gasteiger partial charge in [-0.15, -0.1) is 0 Å². The minimum Gasteiger partial charge on any atom is -0.493 e. The fourth-order valence-electron chi connectivity index (χ4n) is 2.55. The highest BCUT2D eigenvalue weighted by molar-refractivity contribution is 9.10. The zero-order valence-electron chi connectivity index (χ0n) is 11.5. The summed E-state index contributed by atoms with van der Waals surface area (Å²) >= 11 is 3.48. The normalized spacial score (nSPS) is 10.8. The average Bonchev–Trinajstić information content (AvgIpc) is 2.47. The van der Waals surface area contributed by atoms with Crippen LogP contribution < -0.4 is 0 Å². The number of fused-ring (bicyclic) bond motifs is 1. The van der Waals surface area contributed by atoms with Crippen molar-refractivity contribution < 1.29 is 10.2 Å². The molecule has 0 amide bonds. The van der Waals surface area contributed by atoms with E-state index in [0.29, 0.717) is 11.1 Å². The zero-order chi connectivity index (χ0) is 15.7. The maximum atomic E-state index is 10.3. The van der Waals surface area contributed by atoms with Crippen LogP contribution in [0.4, 0.5) is 0 Å². The van der Waals surface area contributed by atoms with Gasteiger partial charge in [0, 0.05) is 27.4 Å². The molecule has 1 aromatic heterocycles. The molecule has 110 valence electrons. The van der Waals surface area contributed by atoms with Gasteiger partial charge in [0.15, 0.2) is 0 Å². The molecule has 3 nitrogen and oxygen atoms in total. The van der Waals surface area contributed by atoms with Crippen LogP contribution in [0.15, 0.2) is 53.0 Å². The number of halogens is 1. The molecule has 3 rings (SSSR count). The Balaban J connectivity index is 2.39. The number of aromatic hydroxyl groups is 1. The van der Waals surface area contributed by atoms with Crippen LogP contribution in [0.1, 0.15) is 5.56 Å². The van der Waals surface area contributed by atoms with E-state index in [-0.39, 0.29) is 17.8 Å². The molecule has 0 bridgehead atoms. The number of aliphatic hydroxyl groups excluding tert-OH is 1. The molecule has 5 heteroatoms. The first-order valence-corrected chi connectivity index (χ1v) is 7.98. The lowest BCUT2D eigenvalue weighted by atomic mass is 9.94. The molecule has 0 atom stereocenters. The van der Waals surface area contributed by atoms with E-state index in [9.17, 15) is 10.2 Å². The third kappa shape index (κ3) is 2.91. The van der Waals surface area contributed by atoms with Gasteiger partial charge in [-0.2, -0.15) is 0 Å².